The Kier molecular flexibility index (Phi) is 4.72. The first-order valence-electron chi connectivity index (χ1n) is 11.0. The third-order valence-corrected chi connectivity index (χ3v) is 6.17. The molecule has 4 heterocycles. The van der Waals surface area contributed by atoms with Gasteiger partial charge in [-0.2, -0.15) is 5.10 Å². The first-order valence-corrected chi connectivity index (χ1v) is 11.0. The minimum Gasteiger partial charge on any atom is -0.438 e. The second-order valence-corrected chi connectivity index (χ2v) is 8.37. The Morgan fingerprint density at radius 1 is 1.00 bits per heavy atom. The quantitative estimate of drug-likeness (QED) is 0.384. The van der Waals surface area contributed by atoms with Crippen LogP contribution in [0.25, 0.3) is 44.9 Å². The molecule has 1 saturated heterocycles. The van der Waals surface area contributed by atoms with E-state index in [0.717, 1.165) is 22.1 Å². The molecule has 0 aliphatic carbocycles. The summed E-state index contributed by atoms with van der Waals surface area (Å²) in [4.78, 5) is 22.3. The number of rotatable bonds is 4. The highest BCUT2D eigenvalue weighted by Crippen LogP contribution is 2.37. The molecule has 7 nitrogen and oxygen atoms in total. The Morgan fingerprint density at radius 3 is 2.50 bits per heavy atom. The summed E-state index contributed by atoms with van der Waals surface area (Å²) in [6.45, 7) is 2.76. The maximum absolute atomic E-state index is 13.6. The molecule has 34 heavy (non-hydrogen) atoms. The average Bonchev–Trinajstić information content (AvgIpc) is 3.44. The van der Waals surface area contributed by atoms with Gasteiger partial charge in [-0.25, -0.2) is 14.4 Å². The maximum atomic E-state index is 13.6. The molecule has 0 atom stereocenters. The lowest BCUT2D eigenvalue weighted by Gasteiger charge is -2.38. The zero-order valence-electron chi connectivity index (χ0n) is 18.4. The summed E-state index contributed by atoms with van der Waals surface area (Å²) < 4.78 is 21.5. The van der Waals surface area contributed by atoms with Gasteiger partial charge >= 0.3 is 0 Å². The lowest BCUT2D eigenvalue weighted by Crippen LogP contribution is -2.50. The molecule has 1 aliphatic heterocycles. The minimum atomic E-state index is -0.312. The molecule has 0 radical (unpaired) electrons. The zero-order valence-corrected chi connectivity index (χ0v) is 18.4. The fourth-order valence-corrected chi connectivity index (χ4v) is 4.27. The third kappa shape index (κ3) is 3.44. The molecular weight excluding hydrogens is 433 g/mol. The smallest absolute Gasteiger partial charge is 0.230 e. The van der Waals surface area contributed by atoms with Gasteiger partial charge < -0.3 is 9.32 Å². The summed E-state index contributed by atoms with van der Waals surface area (Å²) >= 11 is 0. The highest BCUT2D eigenvalue weighted by atomic mass is 19.1. The van der Waals surface area contributed by atoms with Gasteiger partial charge in [0.15, 0.2) is 0 Å². The molecule has 0 saturated carbocycles. The number of halogens is 1. The molecule has 0 spiro atoms. The van der Waals surface area contributed by atoms with E-state index in [2.05, 4.69) is 9.97 Å². The number of nitrogens with zero attached hydrogens (tertiary/aromatic N) is 5. The van der Waals surface area contributed by atoms with E-state index in [-0.39, 0.29) is 17.8 Å². The highest BCUT2D eigenvalue weighted by Gasteiger charge is 2.32. The number of benzene rings is 2. The summed E-state index contributed by atoms with van der Waals surface area (Å²) in [5.41, 5.74) is 4.36. The number of likely N-dealkylation sites (tertiary alicyclic amines) is 1. The van der Waals surface area contributed by atoms with E-state index in [1.807, 2.05) is 47.3 Å². The normalized spacial score (nSPS) is 13.9. The summed E-state index contributed by atoms with van der Waals surface area (Å²) in [7, 11) is 0. The van der Waals surface area contributed by atoms with Crippen molar-refractivity contribution < 1.29 is 13.6 Å². The largest absolute Gasteiger partial charge is 0.438 e. The number of amides is 1. The Hall–Kier alpha value is -4.33. The van der Waals surface area contributed by atoms with Crippen LogP contribution < -0.4 is 0 Å². The van der Waals surface area contributed by atoms with E-state index in [1.165, 1.54) is 18.5 Å². The first-order chi connectivity index (χ1) is 16.6. The van der Waals surface area contributed by atoms with Crippen LogP contribution in [0.5, 0.6) is 0 Å². The van der Waals surface area contributed by atoms with Crippen molar-refractivity contribution in [3.63, 3.8) is 0 Å². The van der Waals surface area contributed by atoms with Crippen LogP contribution in [0.3, 0.4) is 0 Å². The van der Waals surface area contributed by atoms with Crippen molar-refractivity contribution in [3.8, 4) is 33.8 Å². The van der Waals surface area contributed by atoms with Gasteiger partial charge in [-0.1, -0.05) is 30.3 Å². The lowest BCUT2D eigenvalue weighted by molar-refractivity contribution is -0.134. The summed E-state index contributed by atoms with van der Waals surface area (Å²) in [6.07, 6.45) is 3.42. The molecule has 0 bridgehead atoms. The molecule has 168 valence electrons. The Labute approximate surface area is 194 Å². The summed E-state index contributed by atoms with van der Waals surface area (Å²) in [5, 5.41) is 5.61. The molecule has 3 aromatic heterocycles. The average molecular weight is 453 g/mol. The van der Waals surface area contributed by atoms with E-state index < -0.39 is 0 Å². The standard InChI is InChI=1S/C26H20FN5O2/c1-16(33)31-12-20(13-31)32-14-22(24(30-32)18-7-9-19(27)10-8-18)25-21-11-23(17-5-3-2-4-6-17)34-26(21)29-15-28-25/h2-11,14-15,20H,12-13H2,1H3. The minimum absolute atomic E-state index is 0.0479. The van der Waals surface area contributed by atoms with E-state index in [4.69, 9.17) is 9.52 Å². The molecule has 1 amide bonds. The molecule has 6 rings (SSSR count). The summed E-state index contributed by atoms with van der Waals surface area (Å²) in [5.74, 6) is 0.434. The predicted octanol–water partition coefficient (Wildman–Crippen LogP) is 4.96. The van der Waals surface area contributed by atoms with Crippen LogP contribution in [0, 0.1) is 5.82 Å². The van der Waals surface area contributed by atoms with Crippen LogP contribution >= 0.6 is 0 Å². The van der Waals surface area contributed by atoms with Gasteiger partial charge in [0.25, 0.3) is 0 Å². The number of fused-ring (bicyclic) bond motifs is 1. The van der Waals surface area contributed by atoms with Crippen molar-refractivity contribution in [1.82, 2.24) is 24.6 Å². The topological polar surface area (TPSA) is 77.0 Å². The second kappa shape index (κ2) is 7.91. The number of hydrogen-bond acceptors (Lipinski definition) is 5. The van der Waals surface area contributed by atoms with Gasteiger partial charge in [-0.05, 0) is 30.3 Å². The van der Waals surface area contributed by atoms with Gasteiger partial charge in [0.2, 0.25) is 11.6 Å². The van der Waals surface area contributed by atoms with Crippen molar-refractivity contribution in [2.45, 2.75) is 13.0 Å². The molecule has 1 fully saturated rings. The van der Waals surface area contributed by atoms with Crippen LogP contribution in [-0.2, 0) is 4.79 Å². The van der Waals surface area contributed by atoms with Crippen LogP contribution in [0.2, 0.25) is 0 Å². The van der Waals surface area contributed by atoms with E-state index in [1.54, 1.807) is 24.0 Å². The third-order valence-electron chi connectivity index (χ3n) is 6.17. The van der Waals surface area contributed by atoms with Gasteiger partial charge in [0.1, 0.15) is 23.6 Å². The van der Waals surface area contributed by atoms with Crippen LogP contribution in [0.1, 0.15) is 13.0 Å². The van der Waals surface area contributed by atoms with Crippen LogP contribution in [-0.4, -0.2) is 43.6 Å². The second-order valence-electron chi connectivity index (χ2n) is 8.37. The van der Waals surface area contributed by atoms with Crippen molar-refractivity contribution in [3.05, 3.63) is 79.0 Å². The van der Waals surface area contributed by atoms with Gasteiger partial charge in [-0.15, -0.1) is 0 Å². The number of hydrogen-bond donors (Lipinski definition) is 0. The van der Waals surface area contributed by atoms with Gasteiger partial charge in [-0.3, -0.25) is 9.48 Å². The Morgan fingerprint density at radius 2 is 1.76 bits per heavy atom. The maximum Gasteiger partial charge on any atom is 0.230 e. The predicted molar refractivity (Wildman–Crippen MR) is 125 cm³/mol. The molecular formula is C26H20FN5O2. The monoisotopic (exact) mass is 453 g/mol. The SMILES string of the molecule is CC(=O)N1CC(n2cc(-c3ncnc4oc(-c5ccccc5)cc34)c(-c3ccc(F)cc3)n2)C1. The summed E-state index contributed by atoms with van der Waals surface area (Å²) in [6, 6.07) is 18.1. The highest BCUT2D eigenvalue weighted by molar-refractivity contribution is 5.96. The number of furan rings is 1. The van der Waals surface area contributed by atoms with Crippen molar-refractivity contribution in [1.29, 1.82) is 0 Å². The van der Waals surface area contributed by atoms with Crippen LogP contribution in [0.15, 0.2) is 77.6 Å². The molecule has 1 aliphatic rings. The molecule has 5 aromatic rings. The van der Waals surface area contributed by atoms with E-state index in [9.17, 15) is 9.18 Å². The fraction of sp³-hybridized carbons (Fsp3) is 0.154. The molecule has 0 unspecified atom stereocenters. The van der Waals surface area contributed by atoms with Gasteiger partial charge in [0, 0.05) is 42.9 Å². The zero-order chi connectivity index (χ0) is 23.2. The van der Waals surface area contributed by atoms with Crippen molar-refractivity contribution in [2.24, 2.45) is 0 Å². The first kappa shape index (κ1) is 20.3. The lowest BCUT2D eigenvalue weighted by atomic mass is 10.0. The number of carbonyl (C=O) groups is 1. The van der Waals surface area contributed by atoms with E-state index >= 15 is 0 Å². The van der Waals surface area contributed by atoms with E-state index in [0.29, 0.717) is 36.0 Å². The molecule has 8 heteroatoms. The van der Waals surface area contributed by atoms with Gasteiger partial charge in [0.05, 0.1) is 17.1 Å². The van der Waals surface area contributed by atoms with Crippen molar-refractivity contribution >= 4 is 17.0 Å². The number of carbonyl (C=O) groups excluding carboxylic acids is 1. The molecule has 0 N–H and O–H groups in total. The van der Waals surface area contributed by atoms with Crippen LogP contribution in [0.4, 0.5) is 4.39 Å². The molecule has 2 aromatic carbocycles. The van der Waals surface area contributed by atoms with Crippen molar-refractivity contribution in [2.75, 3.05) is 13.1 Å². The number of aromatic nitrogens is 4. The Balaban J connectivity index is 1.49. The fourth-order valence-electron chi connectivity index (χ4n) is 4.27. The Bertz CT molecular complexity index is 1500.